The molecule has 2 amide bonds. The van der Waals surface area contributed by atoms with Crippen molar-refractivity contribution in [1.29, 1.82) is 0 Å². The molecule has 5 heteroatoms. The maximum atomic E-state index is 12.1. The summed E-state index contributed by atoms with van der Waals surface area (Å²) in [5, 5.41) is 5.56. The minimum atomic E-state index is -0.436. The summed E-state index contributed by atoms with van der Waals surface area (Å²) in [5.41, 5.74) is 0.504. The molecule has 2 N–H and O–H groups in total. The van der Waals surface area contributed by atoms with Gasteiger partial charge in [0.2, 0.25) is 5.91 Å². The molecule has 1 aromatic rings. The van der Waals surface area contributed by atoms with E-state index in [0.29, 0.717) is 30.0 Å². The van der Waals surface area contributed by atoms with Crippen molar-refractivity contribution >= 4 is 11.8 Å². The summed E-state index contributed by atoms with van der Waals surface area (Å²) >= 11 is 0. The number of aryl methyl sites for hydroxylation is 2. The Kier molecular flexibility index (Phi) is 3.69. The maximum Gasteiger partial charge on any atom is 0.255 e. The maximum absolute atomic E-state index is 12.1. The molecular formula is C13H18N2O3. The summed E-state index contributed by atoms with van der Waals surface area (Å²) in [6, 6.07) is 1.26. The van der Waals surface area contributed by atoms with Crippen molar-refractivity contribution in [2.75, 3.05) is 6.54 Å². The lowest BCUT2D eigenvalue weighted by Gasteiger charge is -2.14. The lowest BCUT2D eigenvalue weighted by atomic mass is 10.1. The molecule has 5 nitrogen and oxygen atoms in total. The van der Waals surface area contributed by atoms with Gasteiger partial charge >= 0.3 is 0 Å². The molecule has 0 radical (unpaired) electrons. The van der Waals surface area contributed by atoms with Crippen LogP contribution in [0.2, 0.25) is 0 Å². The zero-order valence-corrected chi connectivity index (χ0v) is 10.7. The average Bonchev–Trinajstić information content (AvgIpc) is 2.52. The van der Waals surface area contributed by atoms with Crippen LogP contribution in [0.1, 0.15) is 41.1 Å². The highest BCUT2D eigenvalue weighted by atomic mass is 16.3. The van der Waals surface area contributed by atoms with Gasteiger partial charge in [-0.05, 0) is 39.2 Å². The first kappa shape index (κ1) is 12.7. The molecule has 2 rings (SSSR count). The van der Waals surface area contributed by atoms with Crippen LogP contribution in [0.25, 0.3) is 0 Å². The van der Waals surface area contributed by atoms with E-state index in [1.54, 1.807) is 19.9 Å². The smallest absolute Gasteiger partial charge is 0.255 e. The second-order valence-electron chi connectivity index (χ2n) is 4.64. The predicted molar refractivity (Wildman–Crippen MR) is 66.3 cm³/mol. The standard InChI is InChI=1S/C13H18N2O3/c1-8-7-10(9(2)18-8)12(16)15-11-5-3-4-6-14-13(11)17/h7,11H,3-6H2,1-2H3,(H,14,17)(H,15,16). The number of nitrogens with one attached hydrogen (secondary N) is 2. The van der Waals surface area contributed by atoms with Gasteiger partial charge in [-0.15, -0.1) is 0 Å². The van der Waals surface area contributed by atoms with Crippen LogP contribution in [0, 0.1) is 13.8 Å². The van der Waals surface area contributed by atoms with Gasteiger partial charge in [-0.25, -0.2) is 0 Å². The van der Waals surface area contributed by atoms with E-state index < -0.39 is 6.04 Å². The number of carbonyl (C=O) groups excluding carboxylic acids is 2. The topological polar surface area (TPSA) is 71.3 Å². The summed E-state index contributed by atoms with van der Waals surface area (Å²) in [6.45, 7) is 4.23. The van der Waals surface area contributed by atoms with Crippen molar-refractivity contribution in [3.8, 4) is 0 Å². The van der Waals surface area contributed by atoms with Crippen LogP contribution in [-0.2, 0) is 4.79 Å². The third kappa shape index (κ3) is 2.72. The van der Waals surface area contributed by atoms with Crippen LogP contribution in [0.3, 0.4) is 0 Å². The fourth-order valence-electron chi connectivity index (χ4n) is 2.17. The molecular weight excluding hydrogens is 232 g/mol. The zero-order chi connectivity index (χ0) is 13.1. The van der Waals surface area contributed by atoms with Crippen LogP contribution in [-0.4, -0.2) is 24.4 Å². The van der Waals surface area contributed by atoms with E-state index in [1.165, 1.54) is 0 Å². The molecule has 1 aliphatic rings. The van der Waals surface area contributed by atoms with E-state index >= 15 is 0 Å². The Morgan fingerprint density at radius 3 is 2.89 bits per heavy atom. The van der Waals surface area contributed by atoms with Crippen molar-refractivity contribution < 1.29 is 14.0 Å². The molecule has 1 saturated heterocycles. The third-order valence-electron chi connectivity index (χ3n) is 3.13. The summed E-state index contributed by atoms with van der Waals surface area (Å²) < 4.78 is 5.31. The number of furan rings is 1. The number of amides is 2. The molecule has 0 bridgehead atoms. The molecule has 1 atom stereocenters. The first-order chi connectivity index (χ1) is 8.58. The number of hydrogen-bond donors (Lipinski definition) is 2. The van der Waals surface area contributed by atoms with Crippen molar-refractivity contribution in [3.63, 3.8) is 0 Å². The monoisotopic (exact) mass is 250 g/mol. The van der Waals surface area contributed by atoms with Gasteiger partial charge in [0, 0.05) is 6.54 Å². The molecule has 0 aliphatic carbocycles. The largest absolute Gasteiger partial charge is 0.466 e. The summed E-state index contributed by atoms with van der Waals surface area (Å²) in [5.74, 6) is 0.937. The quantitative estimate of drug-likeness (QED) is 0.831. The first-order valence-electron chi connectivity index (χ1n) is 6.23. The molecule has 0 spiro atoms. The van der Waals surface area contributed by atoms with Gasteiger partial charge in [0.1, 0.15) is 17.6 Å². The minimum absolute atomic E-state index is 0.0984. The Hall–Kier alpha value is -1.78. The zero-order valence-electron chi connectivity index (χ0n) is 10.7. The molecule has 1 aromatic heterocycles. The normalized spacial score (nSPS) is 20.1. The summed E-state index contributed by atoms with van der Waals surface area (Å²) in [4.78, 5) is 23.8. The van der Waals surface area contributed by atoms with E-state index in [2.05, 4.69) is 10.6 Å². The fraction of sp³-hybridized carbons (Fsp3) is 0.538. The van der Waals surface area contributed by atoms with Gasteiger partial charge in [0.25, 0.3) is 5.91 Å². The number of rotatable bonds is 2. The molecule has 0 saturated carbocycles. The number of hydrogen-bond acceptors (Lipinski definition) is 3. The highest BCUT2D eigenvalue weighted by molar-refractivity contribution is 5.98. The molecule has 18 heavy (non-hydrogen) atoms. The average molecular weight is 250 g/mol. The van der Waals surface area contributed by atoms with Crippen LogP contribution in [0.5, 0.6) is 0 Å². The Labute approximate surface area is 106 Å². The minimum Gasteiger partial charge on any atom is -0.466 e. The fourth-order valence-corrected chi connectivity index (χ4v) is 2.17. The van der Waals surface area contributed by atoms with Gasteiger partial charge < -0.3 is 15.1 Å². The van der Waals surface area contributed by atoms with Crippen molar-refractivity contribution in [3.05, 3.63) is 23.2 Å². The van der Waals surface area contributed by atoms with Crippen molar-refractivity contribution in [1.82, 2.24) is 10.6 Å². The Balaban J connectivity index is 2.06. The Bertz CT molecular complexity index is 465. The van der Waals surface area contributed by atoms with E-state index in [0.717, 1.165) is 12.8 Å². The van der Waals surface area contributed by atoms with Gasteiger partial charge in [-0.3, -0.25) is 9.59 Å². The van der Waals surface area contributed by atoms with Crippen molar-refractivity contribution in [2.45, 2.75) is 39.2 Å². The molecule has 0 aromatic carbocycles. The Morgan fingerprint density at radius 2 is 2.22 bits per heavy atom. The van der Waals surface area contributed by atoms with E-state index in [1.807, 2.05) is 0 Å². The molecule has 1 fully saturated rings. The molecule has 98 valence electrons. The molecule has 1 unspecified atom stereocenters. The van der Waals surface area contributed by atoms with Crippen LogP contribution in [0.15, 0.2) is 10.5 Å². The predicted octanol–water partition coefficient (Wildman–Crippen LogP) is 1.29. The van der Waals surface area contributed by atoms with E-state index in [-0.39, 0.29) is 11.8 Å². The second-order valence-corrected chi connectivity index (χ2v) is 4.64. The second kappa shape index (κ2) is 5.25. The van der Waals surface area contributed by atoms with Gasteiger partial charge in [0.15, 0.2) is 0 Å². The number of carbonyl (C=O) groups is 2. The van der Waals surface area contributed by atoms with Crippen LogP contribution < -0.4 is 10.6 Å². The highest BCUT2D eigenvalue weighted by Crippen LogP contribution is 2.14. The lowest BCUT2D eigenvalue weighted by molar-refractivity contribution is -0.122. The SMILES string of the molecule is Cc1cc(C(=O)NC2CCCCNC2=O)c(C)o1. The summed E-state index contributed by atoms with van der Waals surface area (Å²) in [6.07, 6.45) is 2.59. The molecule has 1 aliphatic heterocycles. The van der Waals surface area contributed by atoms with E-state index in [9.17, 15) is 9.59 Å². The first-order valence-corrected chi connectivity index (χ1v) is 6.23. The molecule has 2 heterocycles. The van der Waals surface area contributed by atoms with Gasteiger partial charge in [-0.1, -0.05) is 0 Å². The lowest BCUT2D eigenvalue weighted by Crippen LogP contribution is -2.45. The van der Waals surface area contributed by atoms with Crippen LogP contribution in [0.4, 0.5) is 0 Å². The van der Waals surface area contributed by atoms with Crippen molar-refractivity contribution in [2.24, 2.45) is 0 Å². The van der Waals surface area contributed by atoms with E-state index in [4.69, 9.17) is 4.42 Å². The van der Waals surface area contributed by atoms with Crippen LogP contribution >= 0.6 is 0 Å². The summed E-state index contributed by atoms with van der Waals surface area (Å²) in [7, 11) is 0. The highest BCUT2D eigenvalue weighted by Gasteiger charge is 2.24. The van der Waals surface area contributed by atoms with Gasteiger partial charge in [0.05, 0.1) is 5.56 Å². The Morgan fingerprint density at radius 1 is 1.44 bits per heavy atom. The third-order valence-corrected chi connectivity index (χ3v) is 3.13. The van der Waals surface area contributed by atoms with Gasteiger partial charge in [-0.2, -0.15) is 0 Å².